The second-order valence-electron chi connectivity index (χ2n) is 4.81. The van der Waals surface area contributed by atoms with Crippen LogP contribution in [0, 0.1) is 0 Å². The molecule has 0 heterocycles. The van der Waals surface area contributed by atoms with Gasteiger partial charge in [0, 0.05) is 19.5 Å². The van der Waals surface area contributed by atoms with Gasteiger partial charge in [0.1, 0.15) is 0 Å². The highest BCUT2D eigenvalue weighted by molar-refractivity contribution is 7.55. The van der Waals surface area contributed by atoms with Crippen molar-refractivity contribution in [2.24, 2.45) is 0 Å². The maximum Gasteiger partial charge on any atom is 0.204 e. The summed E-state index contributed by atoms with van der Waals surface area (Å²) >= 11 is 0. The third-order valence-corrected chi connectivity index (χ3v) is 4.68. The first-order valence-corrected chi connectivity index (χ1v) is 8.46. The molecule has 0 amide bonds. The van der Waals surface area contributed by atoms with Crippen molar-refractivity contribution in [1.29, 1.82) is 0 Å². The normalized spacial score (nSPS) is 11.2. The Labute approximate surface area is 119 Å². The van der Waals surface area contributed by atoms with Crippen molar-refractivity contribution in [2.45, 2.75) is 51.9 Å². The van der Waals surface area contributed by atoms with Gasteiger partial charge in [-0.3, -0.25) is 0 Å². The maximum absolute atomic E-state index is 5.30. The van der Waals surface area contributed by atoms with Crippen LogP contribution in [0.3, 0.4) is 0 Å². The number of unbranched alkanes of at least 4 members (excludes halogenated alkanes) is 5. The third kappa shape index (κ3) is 6.51. The SMILES string of the molecule is CCCCCCCCc1ccc(P(OC)OC)cc1. The molecule has 0 atom stereocenters. The number of hydrogen-bond donors (Lipinski definition) is 0. The Morgan fingerprint density at radius 1 is 0.842 bits per heavy atom. The van der Waals surface area contributed by atoms with Gasteiger partial charge in [0.25, 0.3) is 0 Å². The van der Waals surface area contributed by atoms with E-state index in [0.717, 1.165) is 5.30 Å². The lowest BCUT2D eigenvalue weighted by molar-refractivity contribution is 0.350. The molecule has 1 rings (SSSR count). The molecule has 3 heteroatoms. The van der Waals surface area contributed by atoms with Crippen molar-refractivity contribution in [3.8, 4) is 0 Å². The van der Waals surface area contributed by atoms with E-state index in [4.69, 9.17) is 9.05 Å². The zero-order chi connectivity index (χ0) is 13.9. The van der Waals surface area contributed by atoms with Crippen LogP contribution in [0.2, 0.25) is 0 Å². The van der Waals surface area contributed by atoms with Crippen molar-refractivity contribution in [1.82, 2.24) is 0 Å². The molecule has 0 N–H and O–H groups in total. The first-order valence-electron chi connectivity index (χ1n) is 7.29. The van der Waals surface area contributed by atoms with Gasteiger partial charge >= 0.3 is 0 Å². The zero-order valence-corrected chi connectivity index (χ0v) is 13.4. The topological polar surface area (TPSA) is 18.5 Å². The van der Waals surface area contributed by atoms with E-state index in [0.29, 0.717) is 0 Å². The molecule has 0 saturated heterocycles. The lowest BCUT2D eigenvalue weighted by Crippen LogP contribution is -2.03. The molecule has 0 bridgehead atoms. The molecule has 0 aliphatic carbocycles. The molecule has 0 spiro atoms. The summed E-state index contributed by atoms with van der Waals surface area (Å²) in [5, 5.41) is 1.15. The lowest BCUT2D eigenvalue weighted by Gasteiger charge is -2.12. The fourth-order valence-corrected chi connectivity index (χ4v) is 3.14. The van der Waals surface area contributed by atoms with E-state index < -0.39 is 8.38 Å². The summed E-state index contributed by atoms with van der Waals surface area (Å²) in [6.45, 7) is 2.26. The second kappa shape index (κ2) is 10.4. The van der Waals surface area contributed by atoms with Gasteiger partial charge in [-0.2, -0.15) is 0 Å². The number of benzene rings is 1. The van der Waals surface area contributed by atoms with Gasteiger partial charge in [-0.15, -0.1) is 0 Å². The first kappa shape index (κ1) is 16.6. The molecule has 0 aliphatic rings. The van der Waals surface area contributed by atoms with Gasteiger partial charge in [-0.25, -0.2) is 0 Å². The van der Waals surface area contributed by atoms with Crippen LogP contribution in [-0.4, -0.2) is 14.2 Å². The Morgan fingerprint density at radius 3 is 2.00 bits per heavy atom. The average Bonchev–Trinajstić information content (AvgIpc) is 2.45. The predicted molar refractivity (Wildman–Crippen MR) is 84.1 cm³/mol. The largest absolute Gasteiger partial charge is 0.334 e. The van der Waals surface area contributed by atoms with Crippen LogP contribution >= 0.6 is 8.38 Å². The smallest absolute Gasteiger partial charge is 0.204 e. The van der Waals surface area contributed by atoms with E-state index in [9.17, 15) is 0 Å². The van der Waals surface area contributed by atoms with Gasteiger partial charge in [0.2, 0.25) is 8.38 Å². The van der Waals surface area contributed by atoms with Crippen LogP contribution in [0.5, 0.6) is 0 Å². The summed E-state index contributed by atoms with van der Waals surface area (Å²) in [7, 11) is 2.50. The van der Waals surface area contributed by atoms with E-state index >= 15 is 0 Å². The zero-order valence-electron chi connectivity index (χ0n) is 12.5. The summed E-state index contributed by atoms with van der Waals surface area (Å²) < 4.78 is 10.6. The number of aryl methyl sites for hydroxylation is 1. The first-order chi connectivity index (χ1) is 9.31. The molecule has 0 aromatic heterocycles. The summed E-state index contributed by atoms with van der Waals surface area (Å²) in [5.74, 6) is 0. The Hall–Kier alpha value is -0.430. The van der Waals surface area contributed by atoms with Crippen molar-refractivity contribution >= 4 is 13.7 Å². The average molecular weight is 282 g/mol. The molecule has 108 valence electrons. The van der Waals surface area contributed by atoms with E-state index in [1.807, 2.05) is 0 Å². The third-order valence-electron chi connectivity index (χ3n) is 3.30. The van der Waals surface area contributed by atoms with Crippen molar-refractivity contribution in [2.75, 3.05) is 14.2 Å². The van der Waals surface area contributed by atoms with Gasteiger partial charge in [-0.1, -0.05) is 51.2 Å². The molecule has 0 fully saturated rings. The minimum atomic E-state index is -0.887. The number of rotatable bonds is 10. The van der Waals surface area contributed by atoms with E-state index in [-0.39, 0.29) is 0 Å². The van der Waals surface area contributed by atoms with Gasteiger partial charge in [-0.05, 0) is 30.5 Å². The fraction of sp³-hybridized carbons (Fsp3) is 0.625. The summed E-state index contributed by atoms with van der Waals surface area (Å²) in [5.41, 5.74) is 1.42. The minimum Gasteiger partial charge on any atom is -0.334 e. The molecule has 0 radical (unpaired) electrons. The summed E-state index contributed by atoms with van der Waals surface area (Å²) in [6.07, 6.45) is 9.31. The Kier molecular flexibility index (Phi) is 9.07. The standard InChI is InChI=1S/C16H27O2P/c1-4-5-6-7-8-9-10-15-11-13-16(14-12-15)19(17-2)18-3/h11-14H,4-10H2,1-3H3. The minimum absolute atomic E-state index is 0.887. The molecule has 1 aromatic rings. The molecular weight excluding hydrogens is 255 g/mol. The molecule has 0 saturated carbocycles. The van der Waals surface area contributed by atoms with Crippen LogP contribution < -0.4 is 5.30 Å². The van der Waals surface area contributed by atoms with E-state index in [1.54, 1.807) is 14.2 Å². The van der Waals surface area contributed by atoms with Crippen molar-refractivity contribution in [3.05, 3.63) is 29.8 Å². The highest BCUT2D eigenvalue weighted by atomic mass is 31.2. The van der Waals surface area contributed by atoms with Gasteiger partial charge in [0.15, 0.2) is 0 Å². The molecule has 0 unspecified atom stereocenters. The monoisotopic (exact) mass is 282 g/mol. The molecular formula is C16H27O2P. The highest BCUT2D eigenvalue weighted by Crippen LogP contribution is 2.34. The van der Waals surface area contributed by atoms with Gasteiger partial charge < -0.3 is 9.05 Å². The van der Waals surface area contributed by atoms with Crippen molar-refractivity contribution < 1.29 is 9.05 Å². The molecule has 2 nitrogen and oxygen atoms in total. The van der Waals surface area contributed by atoms with Crippen LogP contribution in [0.25, 0.3) is 0 Å². The second-order valence-corrected chi connectivity index (χ2v) is 6.57. The van der Waals surface area contributed by atoms with Crippen LogP contribution in [0.1, 0.15) is 51.0 Å². The van der Waals surface area contributed by atoms with Crippen LogP contribution in [0.4, 0.5) is 0 Å². The Bertz CT molecular complexity index is 320. The number of hydrogen-bond acceptors (Lipinski definition) is 2. The molecule has 19 heavy (non-hydrogen) atoms. The highest BCUT2D eigenvalue weighted by Gasteiger charge is 2.09. The molecule has 0 aliphatic heterocycles. The lowest BCUT2D eigenvalue weighted by atomic mass is 10.1. The van der Waals surface area contributed by atoms with Crippen LogP contribution in [0.15, 0.2) is 24.3 Å². The van der Waals surface area contributed by atoms with E-state index in [1.165, 1.54) is 50.5 Å². The summed E-state index contributed by atoms with van der Waals surface area (Å²) in [6, 6.07) is 8.67. The van der Waals surface area contributed by atoms with Gasteiger partial charge in [0.05, 0.1) is 0 Å². The Balaban J connectivity index is 2.28. The van der Waals surface area contributed by atoms with E-state index in [2.05, 4.69) is 31.2 Å². The Morgan fingerprint density at radius 2 is 1.42 bits per heavy atom. The maximum atomic E-state index is 5.30. The predicted octanol–water partition coefficient (Wildman–Crippen LogP) is 4.82. The fourth-order valence-electron chi connectivity index (χ4n) is 2.18. The molecule has 1 aromatic carbocycles. The van der Waals surface area contributed by atoms with Crippen LogP contribution in [-0.2, 0) is 15.5 Å². The summed E-state index contributed by atoms with van der Waals surface area (Å²) in [4.78, 5) is 0. The van der Waals surface area contributed by atoms with Crippen molar-refractivity contribution in [3.63, 3.8) is 0 Å². The quantitative estimate of drug-likeness (QED) is 0.452.